The lowest BCUT2D eigenvalue weighted by atomic mass is 10.1. The molecule has 6 rings (SSSR count). The highest BCUT2D eigenvalue weighted by Crippen LogP contribution is 2.49. The van der Waals surface area contributed by atoms with E-state index in [-0.39, 0.29) is 37.8 Å². The van der Waals surface area contributed by atoms with E-state index < -0.39 is 29.3 Å². The number of halogens is 2. The number of benzene rings is 1. The summed E-state index contributed by atoms with van der Waals surface area (Å²) in [6.45, 7) is 5.19. The molecule has 0 spiro atoms. The molecule has 1 saturated carbocycles. The van der Waals surface area contributed by atoms with Crippen molar-refractivity contribution in [1.29, 1.82) is 0 Å². The largest absolute Gasteiger partial charge is 0.477 e. The zero-order valence-electron chi connectivity index (χ0n) is 25.1. The minimum absolute atomic E-state index is 0.160. The summed E-state index contributed by atoms with van der Waals surface area (Å²) >= 11 is 0. The predicted molar refractivity (Wildman–Crippen MR) is 161 cm³/mol. The number of pyridine rings is 1. The Morgan fingerprint density at radius 1 is 1.14 bits per heavy atom. The van der Waals surface area contributed by atoms with Gasteiger partial charge in [0.1, 0.15) is 17.7 Å². The van der Waals surface area contributed by atoms with Crippen molar-refractivity contribution in [3.05, 3.63) is 80.6 Å². The summed E-state index contributed by atoms with van der Waals surface area (Å²) in [6, 6.07) is 13.0. The number of nitrogens with zero attached hydrogens (tertiary/aromatic N) is 4. The number of fused-ring (bicyclic) bond motifs is 1. The SMILES string of the molecule is CC(C)n1c2c(c(=O)n(CCCOC3CCCCO3)c1=O)N(Cc1ccccc1)C(c1cccnc1OCC1CC1(F)F)N2. The van der Waals surface area contributed by atoms with Gasteiger partial charge in [-0.2, -0.15) is 0 Å². The van der Waals surface area contributed by atoms with Crippen molar-refractivity contribution in [1.82, 2.24) is 14.1 Å². The molecule has 3 aliphatic rings. The van der Waals surface area contributed by atoms with E-state index in [9.17, 15) is 18.4 Å². The van der Waals surface area contributed by atoms with Gasteiger partial charge in [0.25, 0.3) is 11.5 Å². The highest BCUT2D eigenvalue weighted by atomic mass is 19.3. The van der Waals surface area contributed by atoms with Crippen LogP contribution in [0.5, 0.6) is 5.88 Å². The van der Waals surface area contributed by atoms with Crippen molar-refractivity contribution in [3.63, 3.8) is 0 Å². The number of anilines is 2. The van der Waals surface area contributed by atoms with Crippen LogP contribution in [0, 0.1) is 5.92 Å². The molecule has 4 heterocycles. The van der Waals surface area contributed by atoms with Crippen LogP contribution in [0.2, 0.25) is 0 Å². The second-order valence-corrected chi connectivity index (χ2v) is 12.0. The van der Waals surface area contributed by atoms with Gasteiger partial charge in [-0.25, -0.2) is 18.6 Å². The molecule has 0 amide bonds. The van der Waals surface area contributed by atoms with Gasteiger partial charge < -0.3 is 24.4 Å². The van der Waals surface area contributed by atoms with Gasteiger partial charge in [-0.05, 0) is 57.2 Å². The maximum Gasteiger partial charge on any atom is 0.332 e. The second-order valence-electron chi connectivity index (χ2n) is 12.0. The van der Waals surface area contributed by atoms with E-state index in [1.165, 1.54) is 4.57 Å². The van der Waals surface area contributed by atoms with E-state index in [0.29, 0.717) is 43.2 Å². The van der Waals surface area contributed by atoms with Gasteiger partial charge in [0, 0.05) is 38.4 Å². The molecule has 2 fully saturated rings. The lowest BCUT2D eigenvalue weighted by Crippen LogP contribution is -2.42. The third-order valence-corrected chi connectivity index (χ3v) is 8.37. The number of alkyl halides is 2. The number of rotatable bonds is 12. The van der Waals surface area contributed by atoms with Crippen LogP contribution in [-0.4, -0.2) is 46.2 Å². The Labute approximate surface area is 254 Å². The Balaban J connectivity index is 1.34. The molecule has 44 heavy (non-hydrogen) atoms. The zero-order chi connectivity index (χ0) is 30.8. The Morgan fingerprint density at radius 2 is 1.93 bits per heavy atom. The molecule has 3 unspecified atom stereocenters. The summed E-state index contributed by atoms with van der Waals surface area (Å²) in [5, 5.41) is 3.42. The van der Waals surface area contributed by atoms with Crippen LogP contribution < -0.4 is 26.2 Å². The summed E-state index contributed by atoms with van der Waals surface area (Å²) < 4.78 is 47.5. The Morgan fingerprint density at radius 3 is 2.64 bits per heavy atom. The maximum absolute atomic E-state index is 14.2. The van der Waals surface area contributed by atoms with Gasteiger partial charge in [-0.15, -0.1) is 0 Å². The first kappa shape index (κ1) is 30.3. The molecule has 0 radical (unpaired) electrons. The minimum atomic E-state index is -2.72. The summed E-state index contributed by atoms with van der Waals surface area (Å²) in [6.07, 6.45) is 3.82. The molecule has 12 heteroatoms. The fourth-order valence-electron chi connectivity index (χ4n) is 5.90. The van der Waals surface area contributed by atoms with E-state index in [4.69, 9.17) is 14.2 Å². The van der Waals surface area contributed by atoms with Gasteiger partial charge in [-0.3, -0.25) is 13.9 Å². The van der Waals surface area contributed by atoms with Crippen molar-refractivity contribution >= 4 is 11.5 Å². The van der Waals surface area contributed by atoms with Crippen molar-refractivity contribution in [3.8, 4) is 5.88 Å². The van der Waals surface area contributed by atoms with Crippen LogP contribution in [0.15, 0.2) is 58.3 Å². The number of hydrogen-bond acceptors (Lipinski definition) is 8. The quantitative estimate of drug-likeness (QED) is 0.283. The average molecular weight is 612 g/mol. The molecule has 236 valence electrons. The lowest BCUT2D eigenvalue weighted by Gasteiger charge is -2.27. The van der Waals surface area contributed by atoms with Crippen LogP contribution >= 0.6 is 0 Å². The van der Waals surface area contributed by atoms with E-state index in [1.54, 1.807) is 22.9 Å². The van der Waals surface area contributed by atoms with E-state index in [1.807, 2.05) is 49.1 Å². The van der Waals surface area contributed by atoms with Crippen molar-refractivity contribution in [2.75, 3.05) is 30.0 Å². The van der Waals surface area contributed by atoms with Gasteiger partial charge >= 0.3 is 5.69 Å². The topological polar surface area (TPSA) is 99.9 Å². The van der Waals surface area contributed by atoms with Gasteiger partial charge in [-0.1, -0.05) is 30.3 Å². The summed E-state index contributed by atoms with van der Waals surface area (Å²) in [5.41, 5.74) is 1.06. The van der Waals surface area contributed by atoms with Crippen LogP contribution in [0.4, 0.5) is 20.3 Å². The molecule has 1 saturated heterocycles. The minimum Gasteiger partial charge on any atom is -0.477 e. The summed E-state index contributed by atoms with van der Waals surface area (Å²) in [5.74, 6) is -2.95. The smallest absolute Gasteiger partial charge is 0.332 e. The van der Waals surface area contributed by atoms with E-state index in [0.717, 1.165) is 24.8 Å². The molecular weight excluding hydrogens is 572 g/mol. The molecule has 1 aliphatic carbocycles. The molecule has 1 N–H and O–H groups in total. The highest BCUT2D eigenvalue weighted by Gasteiger charge is 2.57. The molecule has 0 bridgehead atoms. The normalized spacial score (nSPS) is 22.1. The molecule has 3 atom stereocenters. The predicted octanol–water partition coefficient (Wildman–Crippen LogP) is 5.08. The Bertz CT molecular complexity index is 1570. The molecule has 2 aromatic heterocycles. The van der Waals surface area contributed by atoms with Crippen LogP contribution in [0.3, 0.4) is 0 Å². The monoisotopic (exact) mass is 611 g/mol. The van der Waals surface area contributed by atoms with Crippen LogP contribution in [0.25, 0.3) is 0 Å². The molecule has 1 aromatic carbocycles. The Hall–Kier alpha value is -3.77. The third-order valence-electron chi connectivity index (χ3n) is 8.37. The van der Waals surface area contributed by atoms with E-state index >= 15 is 0 Å². The number of nitrogens with one attached hydrogen (secondary N) is 1. The van der Waals surface area contributed by atoms with Crippen LogP contribution in [-0.2, 0) is 22.6 Å². The van der Waals surface area contributed by atoms with Crippen molar-refractivity contribution in [2.45, 2.75) is 83.5 Å². The lowest BCUT2D eigenvalue weighted by molar-refractivity contribution is -0.163. The standard InChI is InChI=1S/C32H39F2N5O5/c1-21(2)39-28-26(30(40)37(31(39)41)15-9-17-43-25-13-6-7-16-42-25)38(19-22-10-4-3-5-11-22)27(36-28)24-12-8-14-35-29(24)44-20-23-18-32(23,33)34/h3-5,8,10-12,14,21,23,25,27,36H,6-7,9,13,15-20H2,1-2H3. The number of hydrogen-bond donors (Lipinski definition) is 1. The van der Waals surface area contributed by atoms with Crippen molar-refractivity contribution in [2.24, 2.45) is 5.92 Å². The van der Waals surface area contributed by atoms with Crippen molar-refractivity contribution < 1.29 is 23.0 Å². The third kappa shape index (κ3) is 6.23. The van der Waals surface area contributed by atoms with E-state index in [2.05, 4.69) is 10.3 Å². The summed E-state index contributed by atoms with van der Waals surface area (Å²) in [4.78, 5) is 34.3. The van der Waals surface area contributed by atoms with Gasteiger partial charge in [0.05, 0.1) is 24.7 Å². The first-order valence-corrected chi connectivity index (χ1v) is 15.4. The molecular formula is C32H39F2N5O5. The fraction of sp³-hybridized carbons (Fsp3) is 0.531. The Kier molecular flexibility index (Phi) is 8.73. The zero-order valence-corrected chi connectivity index (χ0v) is 25.1. The molecule has 2 aliphatic heterocycles. The number of aromatic nitrogens is 3. The summed E-state index contributed by atoms with van der Waals surface area (Å²) in [7, 11) is 0. The second kappa shape index (κ2) is 12.7. The first-order valence-electron chi connectivity index (χ1n) is 15.4. The highest BCUT2D eigenvalue weighted by molar-refractivity contribution is 5.73. The fourth-order valence-corrected chi connectivity index (χ4v) is 5.90. The molecule has 3 aromatic rings. The van der Waals surface area contributed by atoms with Crippen LogP contribution in [0.1, 0.15) is 69.3 Å². The first-order chi connectivity index (χ1) is 21.2. The average Bonchev–Trinajstić information content (AvgIpc) is 3.47. The molecule has 10 nitrogen and oxygen atoms in total. The van der Waals surface area contributed by atoms with Gasteiger partial charge in [0.2, 0.25) is 5.88 Å². The van der Waals surface area contributed by atoms with Gasteiger partial charge in [0.15, 0.2) is 6.29 Å². The maximum atomic E-state index is 14.2. The number of ether oxygens (including phenoxy) is 3.